The summed E-state index contributed by atoms with van der Waals surface area (Å²) < 4.78 is 0. The lowest BCUT2D eigenvalue weighted by Crippen LogP contribution is -2.31. The summed E-state index contributed by atoms with van der Waals surface area (Å²) >= 11 is 1.63. The van der Waals surface area contributed by atoms with Gasteiger partial charge >= 0.3 is 0 Å². The van der Waals surface area contributed by atoms with Crippen molar-refractivity contribution in [2.24, 2.45) is 10.7 Å². The molecule has 0 aliphatic carbocycles. The van der Waals surface area contributed by atoms with Crippen LogP contribution in [0, 0.1) is 6.92 Å². The van der Waals surface area contributed by atoms with E-state index in [1.165, 1.54) is 0 Å². The van der Waals surface area contributed by atoms with E-state index in [1.807, 2.05) is 42.6 Å². The number of hydrogen-bond donors (Lipinski definition) is 2. The Morgan fingerprint density at radius 2 is 2.17 bits per heavy atom. The molecule has 0 saturated carbocycles. The molecule has 0 amide bonds. The fraction of sp³-hybridized carbons (Fsp3) is 0.231. The van der Waals surface area contributed by atoms with Gasteiger partial charge in [-0.05, 0) is 12.5 Å². The molecule has 94 valence electrons. The maximum atomic E-state index is 5.79. The van der Waals surface area contributed by atoms with Gasteiger partial charge in [0.05, 0.1) is 23.8 Å². The monoisotopic (exact) mass is 260 g/mol. The minimum atomic E-state index is 0.449. The molecule has 0 aliphatic heterocycles. The number of nitrogens with zero attached hydrogens (tertiary/aromatic N) is 2. The Bertz CT molecular complexity index is 519. The molecule has 0 bridgehead atoms. The van der Waals surface area contributed by atoms with Gasteiger partial charge in [-0.15, -0.1) is 11.3 Å². The van der Waals surface area contributed by atoms with Crippen LogP contribution in [0.1, 0.15) is 16.3 Å². The molecule has 0 radical (unpaired) electrons. The number of nitrogens with one attached hydrogen (secondary N) is 1. The van der Waals surface area contributed by atoms with Crippen LogP contribution in [0.15, 0.2) is 40.7 Å². The van der Waals surface area contributed by atoms with Crippen molar-refractivity contribution in [3.63, 3.8) is 0 Å². The van der Waals surface area contributed by atoms with Gasteiger partial charge < -0.3 is 11.1 Å². The molecule has 3 N–H and O–H groups in total. The van der Waals surface area contributed by atoms with Crippen LogP contribution in [-0.4, -0.2) is 10.9 Å². The topological polar surface area (TPSA) is 63.3 Å². The van der Waals surface area contributed by atoms with Gasteiger partial charge in [0.1, 0.15) is 0 Å². The van der Waals surface area contributed by atoms with Crippen molar-refractivity contribution in [3.8, 4) is 0 Å². The Balaban J connectivity index is 1.82. The molecule has 0 aliphatic rings. The van der Waals surface area contributed by atoms with Crippen LogP contribution in [0.3, 0.4) is 0 Å². The van der Waals surface area contributed by atoms with E-state index in [1.54, 1.807) is 11.3 Å². The highest BCUT2D eigenvalue weighted by atomic mass is 32.1. The molecule has 0 unspecified atom stereocenters. The maximum absolute atomic E-state index is 5.79. The zero-order chi connectivity index (χ0) is 12.8. The van der Waals surface area contributed by atoms with E-state index < -0.39 is 0 Å². The fourth-order valence-electron chi connectivity index (χ4n) is 1.49. The second kappa shape index (κ2) is 6.16. The molecular weight excluding hydrogens is 244 g/mol. The van der Waals surface area contributed by atoms with Crippen LogP contribution in [0.5, 0.6) is 0 Å². The third kappa shape index (κ3) is 3.85. The summed E-state index contributed by atoms with van der Waals surface area (Å²) in [6.45, 7) is 3.20. The number of aromatic nitrogens is 1. The average molecular weight is 260 g/mol. The zero-order valence-corrected chi connectivity index (χ0v) is 11.1. The Kier molecular flexibility index (Phi) is 4.30. The highest BCUT2D eigenvalue weighted by molar-refractivity contribution is 7.09. The number of thiazole rings is 1. The smallest absolute Gasteiger partial charge is 0.189 e. The normalized spacial score (nSPS) is 11.5. The minimum absolute atomic E-state index is 0.449. The van der Waals surface area contributed by atoms with E-state index in [9.17, 15) is 0 Å². The van der Waals surface area contributed by atoms with Gasteiger partial charge in [-0.3, -0.25) is 0 Å². The lowest BCUT2D eigenvalue weighted by atomic mass is 10.2. The zero-order valence-electron chi connectivity index (χ0n) is 10.3. The number of benzene rings is 1. The van der Waals surface area contributed by atoms with E-state index in [4.69, 9.17) is 5.73 Å². The number of nitrogens with two attached hydrogens (primary N) is 1. The van der Waals surface area contributed by atoms with Crippen LogP contribution < -0.4 is 11.1 Å². The van der Waals surface area contributed by atoms with Crippen molar-refractivity contribution in [1.29, 1.82) is 0 Å². The number of guanidine groups is 1. The molecule has 18 heavy (non-hydrogen) atoms. The summed E-state index contributed by atoms with van der Waals surface area (Å²) in [7, 11) is 0. The standard InChI is InChI=1S/C13H16N4S/c1-10-17-12(9-18-10)8-16-13(14)15-7-11-5-3-2-4-6-11/h2-6,9H,7-8H2,1H3,(H3,14,15,16). The first-order valence-electron chi connectivity index (χ1n) is 5.73. The van der Waals surface area contributed by atoms with Gasteiger partial charge in [0.2, 0.25) is 0 Å². The molecule has 0 fully saturated rings. The minimum Gasteiger partial charge on any atom is -0.370 e. The number of rotatable bonds is 4. The van der Waals surface area contributed by atoms with Gasteiger partial charge in [0.25, 0.3) is 0 Å². The van der Waals surface area contributed by atoms with Crippen molar-refractivity contribution >= 4 is 17.3 Å². The van der Waals surface area contributed by atoms with Crippen molar-refractivity contribution in [1.82, 2.24) is 10.3 Å². The van der Waals surface area contributed by atoms with Crippen LogP contribution >= 0.6 is 11.3 Å². The van der Waals surface area contributed by atoms with Gasteiger partial charge in [-0.1, -0.05) is 30.3 Å². The van der Waals surface area contributed by atoms with Gasteiger partial charge in [-0.25, -0.2) is 9.98 Å². The molecule has 1 heterocycles. The molecule has 5 heteroatoms. The van der Waals surface area contributed by atoms with E-state index in [0.717, 1.165) is 16.3 Å². The summed E-state index contributed by atoms with van der Waals surface area (Å²) in [6, 6.07) is 10.0. The predicted molar refractivity (Wildman–Crippen MR) is 75.5 cm³/mol. The van der Waals surface area contributed by atoms with Crippen LogP contribution in [0.2, 0.25) is 0 Å². The largest absolute Gasteiger partial charge is 0.370 e. The molecule has 2 rings (SSSR count). The summed E-state index contributed by atoms with van der Waals surface area (Å²) in [5.41, 5.74) is 7.93. The van der Waals surface area contributed by atoms with Crippen molar-refractivity contribution < 1.29 is 0 Å². The van der Waals surface area contributed by atoms with Crippen LogP contribution in [0.25, 0.3) is 0 Å². The lowest BCUT2D eigenvalue weighted by Gasteiger charge is -2.03. The second-order valence-corrected chi connectivity index (χ2v) is 4.96. The molecule has 2 aromatic rings. The van der Waals surface area contributed by atoms with Gasteiger partial charge in [0, 0.05) is 5.38 Å². The lowest BCUT2D eigenvalue weighted by molar-refractivity contribution is 0.857. The molecule has 0 saturated heterocycles. The van der Waals surface area contributed by atoms with Gasteiger partial charge in [-0.2, -0.15) is 0 Å². The summed E-state index contributed by atoms with van der Waals surface area (Å²) in [4.78, 5) is 8.62. The maximum Gasteiger partial charge on any atom is 0.189 e. The Morgan fingerprint density at radius 3 is 2.83 bits per heavy atom. The molecule has 4 nitrogen and oxygen atoms in total. The summed E-state index contributed by atoms with van der Waals surface area (Å²) in [5.74, 6) is 0.449. The fourth-order valence-corrected chi connectivity index (χ4v) is 2.10. The third-order valence-corrected chi connectivity index (χ3v) is 3.21. The van der Waals surface area contributed by atoms with E-state index in [2.05, 4.69) is 15.3 Å². The highest BCUT2D eigenvalue weighted by Crippen LogP contribution is 2.07. The predicted octanol–water partition coefficient (Wildman–Crippen LogP) is 2.06. The van der Waals surface area contributed by atoms with Crippen molar-refractivity contribution in [2.75, 3.05) is 0 Å². The first-order chi connectivity index (χ1) is 8.74. The first kappa shape index (κ1) is 12.6. The SMILES string of the molecule is Cc1nc(CNC(N)=NCc2ccccc2)cs1. The summed E-state index contributed by atoms with van der Waals surface area (Å²) in [5, 5.41) is 6.14. The van der Waals surface area contributed by atoms with Crippen LogP contribution in [-0.2, 0) is 13.1 Å². The molecule has 1 aromatic heterocycles. The molecule has 1 aromatic carbocycles. The van der Waals surface area contributed by atoms with Crippen molar-refractivity contribution in [3.05, 3.63) is 52.0 Å². The number of aryl methyl sites for hydroxylation is 1. The molecule has 0 spiro atoms. The van der Waals surface area contributed by atoms with Gasteiger partial charge in [0.15, 0.2) is 5.96 Å². The van der Waals surface area contributed by atoms with E-state index in [0.29, 0.717) is 19.0 Å². The van der Waals surface area contributed by atoms with Crippen molar-refractivity contribution in [2.45, 2.75) is 20.0 Å². The average Bonchev–Trinajstić information content (AvgIpc) is 2.81. The van der Waals surface area contributed by atoms with E-state index >= 15 is 0 Å². The molecule has 0 atom stereocenters. The Labute approximate surface area is 111 Å². The first-order valence-corrected chi connectivity index (χ1v) is 6.61. The Morgan fingerprint density at radius 1 is 1.39 bits per heavy atom. The highest BCUT2D eigenvalue weighted by Gasteiger charge is 1.98. The quantitative estimate of drug-likeness (QED) is 0.653. The molecular formula is C13H16N4S. The second-order valence-electron chi connectivity index (χ2n) is 3.90. The third-order valence-electron chi connectivity index (χ3n) is 2.39. The van der Waals surface area contributed by atoms with E-state index in [-0.39, 0.29) is 0 Å². The Hall–Kier alpha value is -1.88. The summed E-state index contributed by atoms with van der Waals surface area (Å²) in [6.07, 6.45) is 0. The number of hydrogen-bond acceptors (Lipinski definition) is 3. The number of aliphatic imine (C=N–C) groups is 1. The van der Waals surface area contributed by atoms with Crippen LogP contribution in [0.4, 0.5) is 0 Å².